The Hall–Kier alpha value is -1.29. The number of hydrogen-bond acceptors (Lipinski definition) is 4. The van der Waals surface area contributed by atoms with Crippen LogP contribution in [0.3, 0.4) is 0 Å². The van der Waals surface area contributed by atoms with Crippen LogP contribution in [0.4, 0.5) is 0 Å². The molecule has 3 nitrogen and oxygen atoms in total. The zero-order valence-corrected chi connectivity index (χ0v) is 8.18. The molecule has 0 saturated heterocycles. The Bertz CT molecular complexity index is 518. The van der Waals surface area contributed by atoms with Gasteiger partial charge in [0.1, 0.15) is 4.70 Å². The number of nitrogens with zero attached hydrogens (tertiary/aromatic N) is 2. The van der Waals surface area contributed by atoms with Crippen molar-refractivity contribution in [3.8, 4) is 0 Å². The summed E-state index contributed by atoms with van der Waals surface area (Å²) in [4.78, 5) is 19.4. The molecule has 0 aromatic carbocycles. The van der Waals surface area contributed by atoms with Crippen molar-refractivity contribution in [2.45, 2.75) is 13.8 Å². The van der Waals surface area contributed by atoms with Crippen molar-refractivity contribution >= 4 is 21.6 Å². The minimum Gasteiger partial charge on any atom is -0.266 e. The van der Waals surface area contributed by atoms with E-state index in [1.165, 1.54) is 11.3 Å². The van der Waals surface area contributed by atoms with Gasteiger partial charge in [-0.2, -0.15) is 0 Å². The van der Waals surface area contributed by atoms with E-state index < -0.39 is 0 Å². The third-order valence-electron chi connectivity index (χ3n) is 2.08. The van der Waals surface area contributed by atoms with Gasteiger partial charge in [0.25, 0.3) is 5.56 Å². The first-order chi connectivity index (χ1) is 6.20. The van der Waals surface area contributed by atoms with Crippen LogP contribution in [-0.2, 0) is 0 Å². The molecule has 0 fully saturated rings. The van der Waals surface area contributed by atoms with Gasteiger partial charge in [-0.25, -0.2) is 9.97 Å². The maximum atomic E-state index is 11.4. The highest BCUT2D eigenvalue weighted by molar-refractivity contribution is 7.16. The summed E-state index contributed by atoms with van der Waals surface area (Å²) in [6.07, 6.45) is 1.60. The number of thiazole rings is 1. The fraction of sp³-hybridized carbons (Fsp3) is 0.222. The summed E-state index contributed by atoms with van der Waals surface area (Å²) in [7, 11) is 0. The molecule has 0 amide bonds. The molecule has 2 rings (SSSR count). The Labute approximate surface area is 79.1 Å². The Morgan fingerprint density at radius 1 is 1.31 bits per heavy atom. The average molecular weight is 192 g/mol. The lowest BCUT2D eigenvalue weighted by Gasteiger charge is -1.89. The number of aryl methyl sites for hydroxylation is 2. The molecule has 2 aromatic heterocycles. The quantitative estimate of drug-likeness (QED) is 0.637. The molecule has 0 atom stereocenters. The van der Waals surface area contributed by atoms with Crippen LogP contribution in [0, 0.1) is 13.8 Å². The lowest BCUT2D eigenvalue weighted by molar-refractivity contribution is 1.25. The molecule has 0 spiro atoms. The minimum atomic E-state index is -0.186. The van der Waals surface area contributed by atoms with Crippen LogP contribution in [0.5, 0.6) is 0 Å². The van der Waals surface area contributed by atoms with E-state index >= 15 is 0 Å². The second-order valence-electron chi connectivity index (χ2n) is 2.90. The monoisotopic (exact) mass is 192 g/mol. The zero-order valence-electron chi connectivity index (χ0n) is 7.37. The average Bonchev–Trinajstić information content (AvgIpc) is 2.57. The van der Waals surface area contributed by atoms with Gasteiger partial charge >= 0.3 is 0 Å². The van der Waals surface area contributed by atoms with Crippen molar-refractivity contribution < 1.29 is 0 Å². The van der Waals surface area contributed by atoms with Gasteiger partial charge in [-0.3, -0.25) is 4.79 Å². The van der Waals surface area contributed by atoms with Crippen LogP contribution in [0.2, 0.25) is 0 Å². The third-order valence-corrected chi connectivity index (χ3v) is 2.90. The van der Waals surface area contributed by atoms with Crippen LogP contribution in [-0.4, -0.2) is 9.97 Å². The molecule has 0 aliphatic heterocycles. The standard InChI is InChI=1S/C9H8N2OS/c1-5-3-10-9(12)8-7(6(5)2)11-4-13-8/h3-4H,1-2H3. The lowest BCUT2D eigenvalue weighted by atomic mass is 10.2. The molecule has 0 unspecified atom stereocenters. The van der Waals surface area contributed by atoms with Gasteiger partial charge in [-0.1, -0.05) is 0 Å². The molecule has 0 N–H and O–H groups in total. The molecular weight excluding hydrogens is 184 g/mol. The topological polar surface area (TPSA) is 42.9 Å². The van der Waals surface area contributed by atoms with E-state index in [0.29, 0.717) is 4.70 Å². The highest BCUT2D eigenvalue weighted by Crippen LogP contribution is 2.17. The van der Waals surface area contributed by atoms with Crippen molar-refractivity contribution in [1.29, 1.82) is 0 Å². The predicted molar refractivity (Wildman–Crippen MR) is 53.2 cm³/mol. The smallest absolute Gasteiger partial charge is 0.266 e. The van der Waals surface area contributed by atoms with Crippen molar-refractivity contribution in [3.05, 3.63) is 33.2 Å². The number of fused-ring (bicyclic) bond motifs is 1. The molecule has 2 heterocycles. The molecule has 13 heavy (non-hydrogen) atoms. The second kappa shape index (κ2) is 2.88. The van der Waals surface area contributed by atoms with Crippen molar-refractivity contribution in [3.63, 3.8) is 0 Å². The zero-order chi connectivity index (χ0) is 9.42. The fourth-order valence-corrected chi connectivity index (χ4v) is 1.90. The molecule has 0 bridgehead atoms. The largest absolute Gasteiger partial charge is 0.289 e. The summed E-state index contributed by atoms with van der Waals surface area (Å²) in [5.41, 5.74) is 4.31. The van der Waals surface area contributed by atoms with Crippen LogP contribution in [0.1, 0.15) is 11.1 Å². The Morgan fingerprint density at radius 3 is 2.85 bits per heavy atom. The van der Waals surface area contributed by atoms with Crippen LogP contribution < -0.4 is 5.56 Å². The van der Waals surface area contributed by atoms with Crippen molar-refractivity contribution in [1.82, 2.24) is 9.97 Å². The third kappa shape index (κ3) is 1.23. The van der Waals surface area contributed by atoms with E-state index in [4.69, 9.17) is 0 Å². The van der Waals surface area contributed by atoms with E-state index in [1.807, 2.05) is 13.8 Å². The fourth-order valence-electron chi connectivity index (χ4n) is 1.16. The first-order valence-corrected chi connectivity index (χ1v) is 4.78. The van der Waals surface area contributed by atoms with Gasteiger partial charge in [0.2, 0.25) is 0 Å². The Morgan fingerprint density at radius 2 is 2.08 bits per heavy atom. The number of rotatable bonds is 0. The Kier molecular flexibility index (Phi) is 1.84. The summed E-state index contributed by atoms with van der Waals surface area (Å²) in [6.45, 7) is 3.89. The highest BCUT2D eigenvalue weighted by Gasteiger charge is 2.04. The maximum Gasteiger partial charge on any atom is 0.289 e. The minimum absolute atomic E-state index is 0.186. The Balaban J connectivity index is 3.11. The van der Waals surface area contributed by atoms with E-state index in [1.54, 1.807) is 11.7 Å². The second-order valence-corrected chi connectivity index (χ2v) is 3.76. The molecule has 0 saturated carbocycles. The van der Waals surface area contributed by atoms with Crippen molar-refractivity contribution in [2.75, 3.05) is 0 Å². The summed E-state index contributed by atoms with van der Waals surface area (Å²) in [5.74, 6) is 0. The summed E-state index contributed by atoms with van der Waals surface area (Å²) < 4.78 is 0.644. The van der Waals surface area contributed by atoms with E-state index in [9.17, 15) is 4.79 Å². The molecule has 4 heteroatoms. The molecule has 0 aliphatic carbocycles. The first-order valence-electron chi connectivity index (χ1n) is 3.90. The summed E-state index contributed by atoms with van der Waals surface area (Å²) in [5, 5.41) is 0. The van der Waals surface area contributed by atoms with Crippen molar-refractivity contribution in [2.24, 2.45) is 0 Å². The van der Waals surface area contributed by atoms with E-state index in [-0.39, 0.29) is 5.56 Å². The molecule has 0 radical (unpaired) electrons. The van der Waals surface area contributed by atoms with Gasteiger partial charge in [-0.15, -0.1) is 11.3 Å². The van der Waals surface area contributed by atoms with Gasteiger partial charge in [0.05, 0.1) is 11.0 Å². The molecule has 0 aliphatic rings. The molecule has 66 valence electrons. The first kappa shape index (κ1) is 8.31. The SMILES string of the molecule is Cc1cnc(=O)c2scnc2c1C. The van der Waals surface area contributed by atoms with Crippen LogP contribution >= 0.6 is 11.3 Å². The van der Waals surface area contributed by atoms with Crippen LogP contribution in [0.25, 0.3) is 10.2 Å². The van der Waals surface area contributed by atoms with Gasteiger partial charge in [0.15, 0.2) is 0 Å². The maximum absolute atomic E-state index is 11.4. The highest BCUT2D eigenvalue weighted by atomic mass is 32.1. The normalized spacial score (nSPS) is 10.6. The van der Waals surface area contributed by atoms with E-state index in [2.05, 4.69) is 9.97 Å². The van der Waals surface area contributed by atoms with Gasteiger partial charge < -0.3 is 0 Å². The predicted octanol–water partition coefficient (Wildman–Crippen LogP) is 1.67. The van der Waals surface area contributed by atoms with E-state index in [0.717, 1.165) is 16.6 Å². The summed E-state index contributed by atoms with van der Waals surface area (Å²) in [6, 6.07) is 0. The number of aromatic nitrogens is 2. The number of hydrogen-bond donors (Lipinski definition) is 0. The molecular formula is C9H8N2OS. The molecule has 2 aromatic rings. The summed E-state index contributed by atoms with van der Waals surface area (Å²) >= 11 is 1.34. The van der Waals surface area contributed by atoms with Gasteiger partial charge in [0, 0.05) is 6.20 Å². The lowest BCUT2D eigenvalue weighted by Crippen LogP contribution is -1.98. The van der Waals surface area contributed by atoms with Crippen LogP contribution in [0.15, 0.2) is 16.5 Å². The van der Waals surface area contributed by atoms with Gasteiger partial charge in [-0.05, 0) is 25.0 Å².